The van der Waals surface area contributed by atoms with Crippen LogP contribution in [-0.4, -0.2) is 51.5 Å². The maximum absolute atomic E-state index is 12.1. The average Bonchev–Trinajstić information content (AvgIpc) is 3.00. The van der Waals surface area contributed by atoms with Gasteiger partial charge >= 0.3 is 5.97 Å². The second kappa shape index (κ2) is 13.3. The number of ether oxygens (including phenoxy) is 3. The Morgan fingerprint density at radius 2 is 1.79 bits per heavy atom. The number of aromatic nitrogens is 1. The molecule has 38 heavy (non-hydrogen) atoms. The van der Waals surface area contributed by atoms with E-state index in [0.29, 0.717) is 30.3 Å². The quantitative estimate of drug-likeness (QED) is 0.345. The Labute approximate surface area is 227 Å². The summed E-state index contributed by atoms with van der Waals surface area (Å²) in [7, 11) is 3.47. The molecule has 0 spiro atoms. The highest BCUT2D eigenvalue weighted by molar-refractivity contribution is 5.95. The number of carbonyl (C=O) groups is 1. The normalized spacial score (nSPS) is 16.8. The van der Waals surface area contributed by atoms with E-state index < -0.39 is 0 Å². The second-order valence-electron chi connectivity index (χ2n) is 9.39. The smallest absolute Gasteiger partial charge is 0.340 e. The first-order chi connectivity index (χ1) is 18.6. The predicted octanol–water partition coefficient (Wildman–Crippen LogP) is 6.78. The number of methoxy groups -OCH3 is 1. The van der Waals surface area contributed by atoms with Gasteiger partial charge in [0.15, 0.2) is 0 Å². The first-order valence-corrected chi connectivity index (χ1v) is 13.6. The molecule has 1 atom stereocenters. The van der Waals surface area contributed by atoms with Crippen molar-refractivity contribution in [1.82, 2.24) is 4.98 Å². The molecule has 7 nitrogen and oxygen atoms in total. The number of fused-ring (bicyclic) bond motifs is 1. The van der Waals surface area contributed by atoms with Crippen LogP contribution < -0.4 is 15.0 Å². The van der Waals surface area contributed by atoms with Crippen LogP contribution in [-0.2, 0) is 9.47 Å². The molecule has 2 aromatic carbocycles. The van der Waals surface area contributed by atoms with Crippen LogP contribution in [0, 0.1) is 0 Å². The number of hydrogen-bond donors (Lipinski definition) is 1. The molecule has 3 aromatic rings. The Hall–Kier alpha value is -3.58. The van der Waals surface area contributed by atoms with Gasteiger partial charge in [0.1, 0.15) is 5.75 Å². The monoisotopic (exact) mass is 519 g/mol. The van der Waals surface area contributed by atoms with Crippen LogP contribution in [0.3, 0.4) is 0 Å². The van der Waals surface area contributed by atoms with Gasteiger partial charge in [0.25, 0.3) is 0 Å². The molecule has 0 unspecified atom stereocenters. The zero-order chi connectivity index (χ0) is 26.9. The highest BCUT2D eigenvalue weighted by Crippen LogP contribution is 2.38. The van der Waals surface area contributed by atoms with Gasteiger partial charge in [-0.05, 0) is 60.6 Å². The number of hydrogen-bond acceptors (Lipinski definition) is 7. The third kappa shape index (κ3) is 6.27. The van der Waals surface area contributed by atoms with Gasteiger partial charge in [-0.25, -0.2) is 4.79 Å². The minimum atomic E-state index is -0.374. The van der Waals surface area contributed by atoms with Crippen LogP contribution in [0.2, 0.25) is 0 Å². The number of pyridine rings is 1. The molecule has 3 heterocycles. The molecule has 204 valence electrons. The summed E-state index contributed by atoms with van der Waals surface area (Å²) in [5.74, 6) is 1.39. The van der Waals surface area contributed by atoms with Crippen LogP contribution in [0.25, 0.3) is 0 Å². The standard InChI is InChI=1S/C29H33N3O4.C2H6.H2/c1-32(23-5-3-20(4-6-23)21-10-14-35-15-11-21)24-7-8-25-22(12-16-36-28(25)17-24)18-31-27-19-30-13-9-26(27)29(33)34-2;1-2;/h3-9,13,17,19,21-22,31H,10-12,14-16,18H2,1-2H3;1-2H3;1H/t22-;;/m0../s1. The van der Waals surface area contributed by atoms with Crippen molar-refractivity contribution in [2.24, 2.45) is 0 Å². The molecule has 2 aliphatic heterocycles. The fourth-order valence-corrected chi connectivity index (χ4v) is 5.08. The summed E-state index contributed by atoms with van der Waals surface area (Å²) in [6.07, 6.45) is 6.35. The van der Waals surface area contributed by atoms with Crippen LogP contribution in [0.15, 0.2) is 60.9 Å². The SMILES string of the molecule is CC.COC(=O)c1ccncc1NC[C@@H]1CCOc2cc(N(C)c3ccc(C4CCOCC4)cc3)ccc21.[HH]. The minimum absolute atomic E-state index is 0. The van der Waals surface area contributed by atoms with Gasteiger partial charge in [-0.3, -0.25) is 4.98 Å². The lowest BCUT2D eigenvalue weighted by Gasteiger charge is -2.29. The molecular formula is C31H41N3O4. The first kappa shape index (κ1) is 27.5. The van der Waals surface area contributed by atoms with Crippen LogP contribution in [0.5, 0.6) is 5.75 Å². The Kier molecular flexibility index (Phi) is 9.60. The topological polar surface area (TPSA) is 72.9 Å². The summed E-state index contributed by atoms with van der Waals surface area (Å²) >= 11 is 0. The van der Waals surface area contributed by atoms with E-state index in [-0.39, 0.29) is 13.3 Å². The van der Waals surface area contributed by atoms with Crippen molar-refractivity contribution in [2.45, 2.75) is 44.9 Å². The van der Waals surface area contributed by atoms with Crippen molar-refractivity contribution in [3.8, 4) is 5.75 Å². The minimum Gasteiger partial charge on any atom is -0.493 e. The summed E-state index contributed by atoms with van der Waals surface area (Å²) in [5, 5.41) is 3.40. The number of esters is 1. The Morgan fingerprint density at radius 3 is 2.53 bits per heavy atom. The van der Waals surface area contributed by atoms with E-state index in [0.717, 1.165) is 49.6 Å². The Balaban J connectivity index is 0.00000137. The number of anilines is 3. The third-order valence-electron chi connectivity index (χ3n) is 7.29. The maximum atomic E-state index is 12.1. The van der Waals surface area contributed by atoms with Crippen LogP contribution in [0.1, 0.15) is 67.9 Å². The number of benzene rings is 2. The Bertz CT molecular complexity index is 1200. The third-order valence-corrected chi connectivity index (χ3v) is 7.29. The lowest BCUT2D eigenvalue weighted by molar-refractivity contribution is 0.0601. The highest BCUT2D eigenvalue weighted by atomic mass is 16.5. The Morgan fingerprint density at radius 1 is 1.05 bits per heavy atom. The van der Waals surface area contributed by atoms with Gasteiger partial charge < -0.3 is 24.4 Å². The maximum Gasteiger partial charge on any atom is 0.340 e. The van der Waals surface area contributed by atoms with Crippen molar-refractivity contribution >= 4 is 23.0 Å². The average molecular weight is 520 g/mol. The lowest BCUT2D eigenvalue weighted by atomic mass is 9.91. The first-order valence-electron chi connectivity index (χ1n) is 13.6. The molecule has 5 rings (SSSR count). The number of carbonyl (C=O) groups excluding carboxylic acids is 1. The summed E-state index contributed by atoms with van der Waals surface area (Å²) in [6.45, 7) is 7.04. The summed E-state index contributed by atoms with van der Waals surface area (Å²) in [4.78, 5) is 18.4. The summed E-state index contributed by atoms with van der Waals surface area (Å²) in [5.41, 5.74) is 5.96. The summed E-state index contributed by atoms with van der Waals surface area (Å²) in [6, 6.07) is 17.0. The van der Waals surface area contributed by atoms with E-state index in [2.05, 4.69) is 64.7 Å². The molecule has 1 aromatic heterocycles. The molecule has 1 fully saturated rings. The van der Waals surface area contributed by atoms with Crippen molar-refractivity contribution in [3.63, 3.8) is 0 Å². The van der Waals surface area contributed by atoms with Gasteiger partial charge in [-0.1, -0.05) is 32.0 Å². The second-order valence-corrected chi connectivity index (χ2v) is 9.39. The lowest BCUT2D eigenvalue weighted by Crippen LogP contribution is -2.22. The van der Waals surface area contributed by atoms with Crippen molar-refractivity contribution in [2.75, 3.05) is 50.7 Å². The van der Waals surface area contributed by atoms with Crippen LogP contribution >= 0.6 is 0 Å². The molecule has 0 aliphatic carbocycles. The van der Waals surface area contributed by atoms with E-state index in [9.17, 15) is 4.79 Å². The van der Waals surface area contributed by atoms with E-state index in [1.165, 1.54) is 18.2 Å². The van der Waals surface area contributed by atoms with Gasteiger partial charge in [0, 0.05) is 57.8 Å². The largest absolute Gasteiger partial charge is 0.493 e. The van der Waals surface area contributed by atoms with Gasteiger partial charge in [-0.15, -0.1) is 0 Å². The molecule has 2 aliphatic rings. The number of rotatable bonds is 7. The molecule has 0 amide bonds. The van der Waals surface area contributed by atoms with Gasteiger partial charge in [0.05, 0.1) is 31.2 Å². The van der Waals surface area contributed by atoms with E-state index in [4.69, 9.17) is 14.2 Å². The van der Waals surface area contributed by atoms with Crippen LogP contribution in [0.4, 0.5) is 17.1 Å². The van der Waals surface area contributed by atoms with Gasteiger partial charge in [0.2, 0.25) is 0 Å². The van der Waals surface area contributed by atoms with E-state index >= 15 is 0 Å². The highest BCUT2D eigenvalue weighted by Gasteiger charge is 2.23. The van der Waals surface area contributed by atoms with Crippen molar-refractivity contribution in [3.05, 3.63) is 77.6 Å². The molecular weight excluding hydrogens is 478 g/mol. The van der Waals surface area contributed by atoms with Gasteiger partial charge in [-0.2, -0.15) is 0 Å². The van der Waals surface area contributed by atoms with E-state index in [1.54, 1.807) is 18.5 Å². The number of nitrogens with one attached hydrogen (secondary N) is 1. The fraction of sp³-hybridized carbons (Fsp3) is 0.419. The van der Waals surface area contributed by atoms with Crippen molar-refractivity contribution in [1.29, 1.82) is 0 Å². The molecule has 0 radical (unpaired) electrons. The molecule has 0 saturated carbocycles. The molecule has 7 heteroatoms. The van der Waals surface area contributed by atoms with Crippen molar-refractivity contribution < 1.29 is 20.4 Å². The zero-order valence-corrected chi connectivity index (χ0v) is 22.9. The molecule has 1 saturated heterocycles. The predicted molar refractivity (Wildman–Crippen MR) is 154 cm³/mol. The fourth-order valence-electron chi connectivity index (χ4n) is 5.08. The summed E-state index contributed by atoms with van der Waals surface area (Å²) < 4.78 is 16.5. The molecule has 0 bridgehead atoms. The molecule has 1 N–H and O–H groups in total. The number of nitrogens with zero attached hydrogens (tertiary/aromatic N) is 2. The zero-order valence-electron chi connectivity index (χ0n) is 22.9. The van der Waals surface area contributed by atoms with E-state index in [1.807, 2.05) is 13.8 Å².